The van der Waals surface area contributed by atoms with Crippen molar-refractivity contribution in [2.24, 2.45) is 11.8 Å². The molecule has 2 fully saturated rings. The summed E-state index contributed by atoms with van der Waals surface area (Å²) < 4.78 is 0. The summed E-state index contributed by atoms with van der Waals surface area (Å²) in [5.41, 5.74) is 2.42. The van der Waals surface area contributed by atoms with E-state index in [2.05, 4.69) is 26.4 Å². The zero-order chi connectivity index (χ0) is 18.7. The third-order valence-electron chi connectivity index (χ3n) is 4.92. The number of carbonyl (C=O) groups is 4. The highest BCUT2D eigenvalue weighted by Gasteiger charge is 2.48. The van der Waals surface area contributed by atoms with E-state index in [1.807, 2.05) is 6.92 Å². The maximum Gasteiger partial charge on any atom is 0.326 e. The lowest BCUT2D eigenvalue weighted by Crippen LogP contribution is -2.70. The van der Waals surface area contributed by atoms with Crippen LogP contribution in [0.3, 0.4) is 0 Å². The number of carboxylic acid groups (broad SMARTS) is 1. The Kier molecular flexibility index (Phi) is 5.93. The lowest BCUT2D eigenvalue weighted by Gasteiger charge is -2.48. The highest BCUT2D eigenvalue weighted by Crippen LogP contribution is 2.35. The molecule has 140 valence electrons. The first kappa shape index (κ1) is 19.1. The molecule has 6 atom stereocenters. The van der Waals surface area contributed by atoms with Crippen LogP contribution >= 0.6 is 0 Å². The van der Waals surface area contributed by atoms with Crippen molar-refractivity contribution in [2.45, 2.75) is 50.9 Å². The third-order valence-corrected chi connectivity index (χ3v) is 4.92. The molecule has 3 amide bonds. The molecule has 0 aromatic carbocycles. The van der Waals surface area contributed by atoms with Crippen molar-refractivity contribution in [1.82, 2.24) is 21.4 Å². The van der Waals surface area contributed by atoms with Gasteiger partial charge in [-0.3, -0.25) is 14.4 Å². The van der Waals surface area contributed by atoms with Crippen molar-refractivity contribution in [3.63, 3.8) is 0 Å². The average Bonchev–Trinajstić information content (AvgIpc) is 2.52. The van der Waals surface area contributed by atoms with Crippen molar-refractivity contribution < 1.29 is 34.5 Å². The number of carbonyl (C=O) groups excluding carboxylic acids is 3. The first-order valence-electron chi connectivity index (χ1n) is 7.91. The first-order chi connectivity index (χ1) is 11.7. The summed E-state index contributed by atoms with van der Waals surface area (Å²) in [6.45, 7) is 3.03. The Hall–Kier alpha value is -2.24. The van der Waals surface area contributed by atoms with Crippen LogP contribution in [-0.2, 0) is 24.2 Å². The summed E-state index contributed by atoms with van der Waals surface area (Å²) in [4.78, 5) is 50.0. The number of nitrogens with one attached hydrogen (secondary N) is 4. The number of hydrogen-bond donors (Lipinski definition) is 6. The number of piperazine rings is 1. The van der Waals surface area contributed by atoms with Gasteiger partial charge in [0.05, 0.1) is 12.1 Å². The van der Waals surface area contributed by atoms with Crippen LogP contribution < -0.4 is 21.4 Å². The van der Waals surface area contributed by atoms with E-state index in [-0.39, 0.29) is 12.3 Å². The molecule has 0 aromatic rings. The fourth-order valence-electron chi connectivity index (χ4n) is 3.69. The lowest BCUT2D eigenvalue weighted by molar-refractivity contribution is -0.305. The largest absolute Gasteiger partial charge is 0.480 e. The molecule has 0 bridgehead atoms. The minimum Gasteiger partial charge on any atom is -0.480 e. The van der Waals surface area contributed by atoms with E-state index in [0.29, 0.717) is 6.42 Å². The Morgan fingerprint density at radius 2 is 1.96 bits per heavy atom. The fraction of sp³-hybridized carbons (Fsp3) is 0.714. The number of carboxylic acids is 1. The maximum absolute atomic E-state index is 11.7. The van der Waals surface area contributed by atoms with Crippen LogP contribution in [0.1, 0.15) is 26.7 Å². The third kappa shape index (κ3) is 4.24. The van der Waals surface area contributed by atoms with Crippen LogP contribution in [0.2, 0.25) is 0 Å². The quantitative estimate of drug-likeness (QED) is 0.180. The van der Waals surface area contributed by atoms with E-state index in [0.717, 1.165) is 0 Å². The van der Waals surface area contributed by atoms with Crippen LogP contribution in [0.15, 0.2) is 0 Å². The molecule has 0 radical (unpaired) electrons. The molecule has 6 N–H and O–H groups in total. The Morgan fingerprint density at radius 3 is 2.52 bits per heavy atom. The summed E-state index contributed by atoms with van der Waals surface area (Å²) in [5, 5.41) is 25.6. The Balaban J connectivity index is 2.25. The summed E-state index contributed by atoms with van der Waals surface area (Å²) in [5.74, 6) is -3.85. The van der Waals surface area contributed by atoms with E-state index in [1.165, 1.54) is 6.92 Å². The average molecular weight is 358 g/mol. The Morgan fingerprint density at radius 1 is 1.32 bits per heavy atom. The molecule has 1 saturated carbocycles. The van der Waals surface area contributed by atoms with E-state index in [4.69, 9.17) is 5.26 Å². The van der Waals surface area contributed by atoms with Crippen molar-refractivity contribution in [1.29, 1.82) is 0 Å². The number of aliphatic carboxylic acids is 1. The molecule has 2 aliphatic rings. The summed E-state index contributed by atoms with van der Waals surface area (Å²) in [6, 6.07) is -2.48. The maximum atomic E-state index is 11.7. The lowest BCUT2D eigenvalue weighted by atomic mass is 9.68. The minimum atomic E-state index is -1.20. The Bertz CT molecular complexity index is 569. The van der Waals surface area contributed by atoms with Crippen molar-refractivity contribution in [3.8, 4) is 0 Å². The van der Waals surface area contributed by atoms with Gasteiger partial charge in [-0.05, 0) is 24.7 Å². The molecule has 25 heavy (non-hydrogen) atoms. The van der Waals surface area contributed by atoms with Crippen LogP contribution in [0.25, 0.3) is 0 Å². The summed E-state index contributed by atoms with van der Waals surface area (Å²) in [7, 11) is 0. The number of hydrogen-bond acceptors (Lipinski definition) is 7. The second kappa shape index (κ2) is 7.76. The zero-order valence-corrected chi connectivity index (χ0v) is 13.8. The molecule has 11 nitrogen and oxygen atoms in total. The molecule has 1 heterocycles. The molecule has 11 heteroatoms. The first-order valence-corrected chi connectivity index (χ1v) is 7.91. The number of hydroxylamine groups is 1. The monoisotopic (exact) mass is 358 g/mol. The summed E-state index contributed by atoms with van der Waals surface area (Å²) >= 11 is 0. The second-order valence-electron chi connectivity index (χ2n) is 6.48. The topological polar surface area (TPSA) is 166 Å². The van der Waals surface area contributed by atoms with Gasteiger partial charge in [-0.1, -0.05) is 6.92 Å². The van der Waals surface area contributed by atoms with Gasteiger partial charge in [0.25, 0.3) is 0 Å². The molecular weight excluding hydrogens is 336 g/mol. The smallest absolute Gasteiger partial charge is 0.326 e. The molecule has 1 aliphatic carbocycles. The van der Waals surface area contributed by atoms with Crippen LogP contribution in [-0.4, -0.2) is 58.2 Å². The molecule has 1 saturated heterocycles. The van der Waals surface area contributed by atoms with Crippen LogP contribution in [0.4, 0.5) is 0 Å². The van der Waals surface area contributed by atoms with Gasteiger partial charge in [-0.2, -0.15) is 5.48 Å². The predicted octanol–water partition coefficient (Wildman–Crippen LogP) is -2.03. The number of rotatable bonds is 6. The molecule has 2 rings (SSSR count). The van der Waals surface area contributed by atoms with Gasteiger partial charge < -0.3 is 21.1 Å². The molecule has 0 spiro atoms. The van der Waals surface area contributed by atoms with E-state index < -0.39 is 53.8 Å². The van der Waals surface area contributed by atoms with E-state index in [1.54, 1.807) is 0 Å². The number of amides is 3. The summed E-state index contributed by atoms with van der Waals surface area (Å²) in [6.07, 6.45) is 0.407. The molecule has 0 aromatic heterocycles. The number of fused-ring (bicyclic) bond motifs is 1. The van der Waals surface area contributed by atoms with Gasteiger partial charge in [-0.15, -0.1) is 4.99 Å². The zero-order valence-electron chi connectivity index (χ0n) is 13.8. The van der Waals surface area contributed by atoms with Crippen LogP contribution in [0.5, 0.6) is 0 Å². The minimum absolute atomic E-state index is 0.0387. The van der Waals surface area contributed by atoms with E-state index in [9.17, 15) is 24.3 Å². The fourth-order valence-corrected chi connectivity index (χ4v) is 3.69. The molecule has 1 aliphatic heterocycles. The van der Waals surface area contributed by atoms with Gasteiger partial charge in [-0.25, -0.2) is 10.1 Å². The SMILES string of the molecule is CC(=O)N[C@@H](CC1C(C)C(NOO)CC2NC(=O)C(=O)NC21)C(=O)O. The van der Waals surface area contributed by atoms with Gasteiger partial charge in [0.2, 0.25) is 5.91 Å². The highest BCUT2D eigenvalue weighted by molar-refractivity contribution is 6.35. The molecule has 5 unspecified atom stereocenters. The van der Waals surface area contributed by atoms with Crippen LogP contribution in [0, 0.1) is 11.8 Å². The normalized spacial score (nSPS) is 32.8. The molecular formula is C14H22N4O7. The van der Waals surface area contributed by atoms with Gasteiger partial charge in [0.1, 0.15) is 6.04 Å². The second-order valence-corrected chi connectivity index (χ2v) is 6.48. The van der Waals surface area contributed by atoms with Crippen molar-refractivity contribution in [2.75, 3.05) is 0 Å². The van der Waals surface area contributed by atoms with E-state index >= 15 is 0 Å². The van der Waals surface area contributed by atoms with Gasteiger partial charge in [0, 0.05) is 13.0 Å². The standard InChI is InChI=1S/C14H22N4O7/c1-5-7(3-10(14(22)23)15-6(2)19)11-9(4-8(5)18-25-24)16-12(20)13(21)17-11/h5,7-11,18,24H,3-4H2,1-2H3,(H,15,19)(H,16,20)(H,17,21)(H,22,23)/t5?,7?,8?,9?,10-,11?/m0/s1. The van der Waals surface area contributed by atoms with Gasteiger partial charge in [0.15, 0.2) is 0 Å². The predicted molar refractivity (Wildman–Crippen MR) is 81.6 cm³/mol. The Labute approximate surface area is 143 Å². The van der Waals surface area contributed by atoms with Crippen molar-refractivity contribution in [3.05, 3.63) is 0 Å². The van der Waals surface area contributed by atoms with Gasteiger partial charge >= 0.3 is 17.8 Å². The van der Waals surface area contributed by atoms with Crippen molar-refractivity contribution >= 4 is 23.7 Å². The highest BCUT2D eigenvalue weighted by atomic mass is 17.2.